The first-order valence-electron chi connectivity index (χ1n) is 8.20. The van der Waals surface area contributed by atoms with E-state index in [1.165, 1.54) is 32.1 Å². The number of carbonyl (C=O) groups excluding carboxylic acids is 1. The van der Waals surface area contributed by atoms with Crippen molar-refractivity contribution in [3.63, 3.8) is 0 Å². The van der Waals surface area contributed by atoms with Crippen molar-refractivity contribution in [2.45, 2.75) is 85.2 Å². The quantitative estimate of drug-likeness (QED) is 0.731. The van der Waals surface area contributed by atoms with Crippen LogP contribution >= 0.6 is 0 Å². The minimum Gasteiger partial charge on any atom is -0.305 e. The summed E-state index contributed by atoms with van der Waals surface area (Å²) >= 11 is 0. The summed E-state index contributed by atoms with van der Waals surface area (Å²) in [5, 5.41) is 3.49. The molecule has 0 radical (unpaired) electrons. The van der Waals surface area contributed by atoms with Crippen molar-refractivity contribution in [3.05, 3.63) is 0 Å². The van der Waals surface area contributed by atoms with E-state index in [1.807, 2.05) is 13.8 Å². The smallest absolute Gasteiger partial charge is 0.152 e. The van der Waals surface area contributed by atoms with E-state index in [9.17, 15) is 4.79 Å². The van der Waals surface area contributed by atoms with Crippen LogP contribution in [-0.2, 0) is 4.79 Å². The van der Waals surface area contributed by atoms with Crippen LogP contribution in [0.5, 0.6) is 0 Å². The molecule has 0 heterocycles. The largest absolute Gasteiger partial charge is 0.305 e. The SMILES string of the molecule is CC1CCCC(CC(NC(C)C)C(=O)C(C)C)CC1. The first-order chi connectivity index (χ1) is 8.90. The molecule has 0 saturated heterocycles. The van der Waals surface area contributed by atoms with Gasteiger partial charge in [0.05, 0.1) is 6.04 Å². The summed E-state index contributed by atoms with van der Waals surface area (Å²) in [7, 11) is 0. The van der Waals surface area contributed by atoms with E-state index in [0.29, 0.717) is 11.8 Å². The molecule has 19 heavy (non-hydrogen) atoms. The third-order valence-electron chi connectivity index (χ3n) is 4.39. The monoisotopic (exact) mass is 267 g/mol. The molecule has 2 nitrogen and oxygen atoms in total. The second kappa shape index (κ2) is 8.04. The molecule has 0 aromatic carbocycles. The summed E-state index contributed by atoms with van der Waals surface area (Å²) < 4.78 is 0. The maximum absolute atomic E-state index is 12.3. The number of rotatable bonds is 6. The standard InChI is InChI=1S/C17H33NO/c1-12(2)17(19)16(18-13(3)4)11-15-8-6-7-14(5)9-10-15/h12-16,18H,6-11H2,1-5H3. The Morgan fingerprint density at radius 2 is 1.79 bits per heavy atom. The van der Waals surface area contributed by atoms with Crippen LogP contribution in [0.3, 0.4) is 0 Å². The van der Waals surface area contributed by atoms with E-state index in [0.717, 1.165) is 18.3 Å². The van der Waals surface area contributed by atoms with Gasteiger partial charge in [0.2, 0.25) is 0 Å². The Morgan fingerprint density at radius 3 is 2.37 bits per heavy atom. The highest BCUT2D eigenvalue weighted by Crippen LogP contribution is 2.30. The van der Waals surface area contributed by atoms with Gasteiger partial charge >= 0.3 is 0 Å². The zero-order valence-corrected chi connectivity index (χ0v) is 13.5. The molecule has 1 saturated carbocycles. The van der Waals surface area contributed by atoms with Crippen LogP contribution in [0, 0.1) is 17.8 Å². The van der Waals surface area contributed by atoms with Gasteiger partial charge in [0, 0.05) is 12.0 Å². The molecule has 3 atom stereocenters. The lowest BCUT2D eigenvalue weighted by Crippen LogP contribution is -2.44. The molecule has 0 aromatic rings. The van der Waals surface area contributed by atoms with E-state index in [2.05, 4.69) is 26.1 Å². The molecule has 112 valence electrons. The van der Waals surface area contributed by atoms with Crippen LogP contribution in [0.15, 0.2) is 0 Å². The first-order valence-corrected chi connectivity index (χ1v) is 8.20. The molecule has 1 aliphatic rings. The van der Waals surface area contributed by atoms with Crippen molar-refractivity contribution in [1.82, 2.24) is 5.32 Å². The lowest BCUT2D eigenvalue weighted by atomic mass is 9.87. The van der Waals surface area contributed by atoms with E-state index in [4.69, 9.17) is 0 Å². The second-order valence-corrected chi connectivity index (χ2v) is 7.15. The number of ketones is 1. The van der Waals surface area contributed by atoms with E-state index >= 15 is 0 Å². The van der Waals surface area contributed by atoms with Gasteiger partial charge in [-0.15, -0.1) is 0 Å². The minimum atomic E-state index is 0.0680. The molecule has 0 amide bonds. The maximum atomic E-state index is 12.3. The highest BCUT2D eigenvalue weighted by Gasteiger charge is 2.26. The summed E-state index contributed by atoms with van der Waals surface area (Å²) in [5.74, 6) is 2.15. The molecule has 0 bridgehead atoms. The van der Waals surface area contributed by atoms with Crippen LogP contribution in [0.2, 0.25) is 0 Å². The Balaban J connectivity index is 2.58. The van der Waals surface area contributed by atoms with Gasteiger partial charge < -0.3 is 5.32 Å². The Hall–Kier alpha value is -0.370. The fraction of sp³-hybridized carbons (Fsp3) is 0.941. The highest BCUT2D eigenvalue weighted by molar-refractivity contribution is 5.85. The lowest BCUT2D eigenvalue weighted by molar-refractivity contribution is -0.124. The Kier molecular flexibility index (Phi) is 7.06. The summed E-state index contributed by atoms with van der Waals surface area (Å²) in [5.41, 5.74) is 0. The van der Waals surface area contributed by atoms with E-state index in [-0.39, 0.29) is 12.0 Å². The fourth-order valence-corrected chi connectivity index (χ4v) is 3.20. The van der Waals surface area contributed by atoms with Gasteiger partial charge in [-0.05, 0) is 18.3 Å². The van der Waals surface area contributed by atoms with E-state index in [1.54, 1.807) is 0 Å². The molecule has 0 spiro atoms. The first kappa shape index (κ1) is 16.7. The molecule has 0 aliphatic heterocycles. The van der Waals surface area contributed by atoms with Crippen LogP contribution in [0.25, 0.3) is 0 Å². The van der Waals surface area contributed by atoms with Crippen LogP contribution < -0.4 is 5.32 Å². The molecule has 0 aromatic heterocycles. The zero-order valence-electron chi connectivity index (χ0n) is 13.5. The van der Waals surface area contributed by atoms with Crippen LogP contribution in [0.1, 0.15) is 73.1 Å². The normalized spacial score (nSPS) is 26.5. The fourth-order valence-electron chi connectivity index (χ4n) is 3.20. The number of carbonyl (C=O) groups is 1. The Morgan fingerprint density at radius 1 is 1.11 bits per heavy atom. The molecular formula is C17H33NO. The molecule has 1 rings (SSSR count). The number of nitrogens with one attached hydrogen (secondary N) is 1. The molecule has 2 heteroatoms. The Labute approximate surface area is 119 Å². The number of hydrogen-bond donors (Lipinski definition) is 1. The minimum absolute atomic E-state index is 0.0680. The summed E-state index contributed by atoms with van der Waals surface area (Å²) in [6.07, 6.45) is 7.72. The summed E-state index contributed by atoms with van der Waals surface area (Å²) in [6, 6.07) is 0.454. The van der Waals surface area contributed by atoms with Crippen molar-refractivity contribution in [1.29, 1.82) is 0 Å². The maximum Gasteiger partial charge on any atom is 0.152 e. The van der Waals surface area contributed by atoms with Crippen molar-refractivity contribution >= 4 is 5.78 Å². The van der Waals surface area contributed by atoms with Crippen molar-refractivity contribution in [2.75, 3.05) is 0 Å². The van der Waals surface area contributed by atoms with Crippen molar-refractivity contribution < 1.29 is 4.79 Å². The topological polar surface area (TPSA) is 29.1 Å². The van der Waals surface area contributed by atoms with Gasteiger partial charge in [0.25, 0.3) is 0 Å². The average Bonchev–Trinajstić information content (AvgIpc) is 2.52. The van der Waals surface area contributed by atoms with Gasteiger partial charge in [-0.25, -0.2) is 0 Å². The predicted octanol–water partition coefficient (Wildman–Crippen LogP) is 4.18. The third-order valence-corrected chi connectivity index (χ3v) is 4.39. The number of hydrogen-bond acceptors (Lipinski definition) is 2. The van der Waals surface area contributed by atoms with Gasteiger partial charge in [0.15, 0.2) is 5.78 Å². The van der Waals surface area contributed by atoms with Gasteiger partial charge in [0.1, 0.15) is 0 Å². The van der Waals surface area contributed by atoms with Gasteiger partial charge in [-0.3, -0.25) is 4.79 Å². The lowest BCUT2D eigenvalue weighted by Gasteiger charge is -2.26. The van der Waals surface area contributed by atoms with Crippen LogP contribution in [0.4, 0.5) is 0 Å². The Bertz CT molecular complexity index is 272. The highest BCUT2D eigenvalue weighted by atomic mass is 16.1. The summed E-state index contributed by atoms with van der Waals surface area (Å²) in [6.45, 7) is 10.7. The average molecular weight is 267 g/mol. The third kappa shape index (κ3) is 6.07. The molecule has 3 unspecified atom stereocenters. The molecule has 1 aliphatic carbocycles. The molecular weight excluding hydrogens is 234 g/mol. The van der Waals surface area contributed by atoms with Crippen molar-refractivity contribution in [2.24, 2.45) is 17.8 Å². The van der Waals surface area contributed by atoms with Crippen LogP contribution in [-0.4, -0.2) is 17.9 Å². The predicted molar refractivity (Wildman–Crippen MR) is 82.3 cm³/mol. The molecule has 1 fully saturated rings. The second-order valence-electron chi connectivity index (χ2n) is 7.15. The van der Waals surface area contributed by atoms with Gasteiger partial charge in [-0.1, -0.05) is 66.7 Å². The number of Topliss-reactive ketones (excluding diaryl/α,β-unsaturated/α-hetero) is 1. The van der Waals surface area contributed by atoms with E-state index < -0.39 is 0 Å². The molecule has 1 N–H and O–H groups in total. The van der Waals surface area contributed by atoms with Crippen molar-refractivity contribution in [3.8, 4) is 0 Å². The zero-order chi connectivity index (χ0) is 14.4. The van der Waals surface area contributed by atoms with Gasteiger partial charge in [-0.2, -0.15) is 0 Å². The summed E-state index contributed by atoms with van der Waals surface area (Å²) in [4.78, 5) is 12.3.